The highest BCUT2D eigenvalue weighted by atomic mass is 32.1. The van der Waals surface area contributed by atoms with Crippen LogP contribution in [0.5, 0.6) is 0 Å². The standard InChI is InChI=1S/C49H33N3OS/c1-2-13-31(14-3-1)47-50-48(52-49(51-47)40-23-10-21-38-37-19-6-7-24-42(37)53-46(38)40)39-22-11-25-44-45(39)41-29-33(26-27-43(41)54-44)32-16-8-17-34(28-32)36-20-9-15-30-12-4-5-18-35(30)36/h1-7,9-15,17-19,21-29,36H,8,16,20H2. The lowest BCUT2D eigenvalue weighted by molar-refractivity contribution is 0.669. The van der Waals surface area contributed by atoms with E-state index >= 15 is 0 Å². The van der Waals surface area contributed by atoms with Crippen LogP contribution in [0, 0.1) is 0 Å². The minimum atomic E-state index is 0.390. The van der Waals surface area contributed by atoms with Crippen molar-refractivity contribution >= 4 is 65.1 Å². The van der Waals surface area contributed by atoms with E-state index in [2.05, 4.69) is 115 Å². The van der Waals surface area contributed by atoms with Crippen LogP contribution in [0.4, 0.5) is 0 Å². The molecular weight excluding hydrogens is 679 g/mol. The summed E-state index contributed by atoms with van der Waals surface area (Å²) in [5.41, 5.74) is 11.3. The van der Waals surface area contributed by atoms with Gasteiger partial charge in [0.2, 0.25) is 0 Å². The molecule has 6 aromatic carbocycles. The number of hydrogen-bond donors (Lipinski definition) is 0. The van der Waals surface area contributed by atoms with Gasteiger partial charge in [-0.15, -0.1) is 11.3 Å². The van der Waals surface area contributed by atoms with Gasteiger partial charge in [-0.25, -0.2) is 15.0 Å². The molecule has 0 fully saturated rings. The van der Waals surface area contributed by atoms with Crippen LogP contribution in [0.2, 0.25) is 0 Å². The molecule has 0 radical (unpaired) electrons. The van der Waals surface area contributed by atoms with Crippen molar-refractivity contribution in [2.45, 2.75) is 25.2 Å². The molecule has 54 heavy (non-hydrogen) atoms. The molecule has 2 aliphatic rings. The van der Waals surface area contributed by atoms with E-state index in [1.807, 2.05) is 53.8 Å². The van der Waals surface area contributed by atoms with Crippen LogP contribution in [0.3, 0.4) is 0 Å². The van der Waals surface area contributed by atoms with Crippen LogP contribution >= 0.6 is 11.3 Å². The van der Waals surface area contributed by atoms with Crippen molar-refractivity contribution in [1.29, 1.82) is 0 Å². The van der Waals surface area contributed by atoms with Gasteiger partial charge >= 0.3 is 0 Å². The van der Waals surface area contributed by atoms with Crippen LogP contribution in [0.15, 0.2) is 162 Å². The molecule has 0 saturated heterocycles. The Balaban J connectivity index is 1.07. The lowest BCUT2D eigenvalue weighted by Crippen LogP contribution is -2.08. The lowest BCUT2D eigenvalue weighted by Gasteiger charge is -2.26. The zero-order chi connectivity index (χ0) is 35.6. The fourth-order valence-corrected chi connectivity index (χ4v) is 9.53. The molecule has 3 heterocycles. The fraction of sp³-hybridized carbons (Fsp3) is 0.0816. The van der Waals surface area contributed by atoms with Gasteiger partial charge in [-0.3, -0.25) is 0 Å². The molecule has 2 aliphatic carbocycles. The summed E-state index contributed by atoms with van der Waals surface area (Å²) < 4.78 is 8.94. The quantitative estimate of drug-likeness (QED) is 0.178. The molecule has 0 amide bonds. The summed E-state index contributed by atoms with van der Waals surface area (Å²) in [4.78, 5) is 15.5. The molecule has 0 spiro atoms. The summed E-state index contributed by atoms with van der Waals surface area (Å²) in [6.45, 7) is 0. The summed E-state index contributed by atoms with van der Waals surface area (Å²) in [6, 6.07) is 46.9. The van der Waals surface area contributed by atoms with E-state index in [4.69, 9.17) is 19.4 Å². The predicted molar refractivity (Wildman–Crippen MR) is 224 cm³/mol. The molecule has 1 atom stereocenters. The molecule has 9 aromatic rings. The SMILES string of the molecule is C1=Cc2ccccc2C(C2=CCCC(c3ccc4sc5cccc(-c6nc(-c7ccccc7)nc(-c7cccc8c7oc7ccccc78)n6)c5c4c3)=C2)C1. The third-order valence-electron chi connectivity index (χ3n) is 11.0. The number of nitrogens with zero attached hydrogens (tertiary/aromatic N) is 3. The maximum atomic E-state index is 6.47. The minimum Gasteiger partial charge on any atom is -0.455 e. The second kappa shape index (κ2) is 12.6. The van der Waals surface area contributed by atoms with E-state index in [1.54, 1.807) is 0 Å². The van der Waals surface area contributed by atoms with Crippen molar-refractivity contribution in [3.63, 3.8) is 0 Å². The van der Waals surface area contributed by atoms with Crippen LogP contribution in [-0.4, -0.2) is 15.0 Å². The van der Waals surface area contributed by atoms with Crippen molar-refractivity contribution < 1.29 is 4.42 Å². The first-order valence-electron chi connectivity index (χ1n) is 18.6. The summed E-state index contributed by atoms with van der Waals surface area (Å²) in [6.07, 6.45) is 12.6. The Morgan fingerprint density at radius 2 is 1.39 bits per heavy atom. The average Bonchev–Trinajstić information content (AvgIpc) is 3.82. The molecule has 0 bridgehead atoms. The lowest BCUT2D eigenvalue weighted by atomic mass is 9.79. The highest BCUT2D eigenvalue weighted by Gasteiger charge is 2.23. The van der Waals surface area contributed by atoms with Gasteiger partial charge in [0.1, 0.15) is 11.2 Å². The van der Waals surface area contributed by atoms with Crippen LogP contribution < -0.4 is 0 Å². The first-order valence-corrected chi connectivity index (χ1v) is 19.4. The van der Waals surface area contributed by atoms with E-state index in [-0.39, 0.29) is 0 Å². The number of para-hydroxylation sites is 2. The van der Waals surface area contributed by atoms with Gasteiger partial charge in [0.15, 0.2) is 17.5 Å². The van der Waals surface area contributed by atoms with Crippen molar-refractivity contribution in [2.75, 3.05) is 0 Å². The molecule has 0 saturated carbocycles. The van der Waals surface area contributed by atoms with Crippen molar-refractivity contribution in [1.82, 2.24) is 15.0 Å². The van der Waals surface area contributed by atoms with Gasteiger partial charge in [0.05, 0.1) is 5.56 Å². The Bertz CT molecular complexity index is 3040. The second-order valence-corrected chi connectivity index (χ2v) is 15.3. The van der Waals surface area contributed by atoms with Gasteiger partial charge in [-0.2, -0.15) is 0 Å². The van der Waals surface area contributed by atoms with Crippen LogP contribution in [-0.2, 0) is 0 Å². The van der Waals surface area contributed by atoms with Crippen LogP contribution in [0.1, 0.15) is 41.9 Å². The molecule has 4 nitrogen and oxygen atoms in total. The number of thiophene rings is 1. The predicted octanol–water partition coefficient (Wildman–Crippen LogP) is 13.4. The topological polar surface area (TPSA) is 51.8 Å². The molecule has 256 valence electrons. The minimum absolute atomic E-state index is 0.390. The zero-order valence-corrected chi connectivity index (χ0v) is 30.2. The van der Waals surface area contributed by atoms with E-state index in [0.29, 0.717) is 23.4 Å². The first kappa shape index (κ1) is 31.1. The van der Waals surface area contributed by atoms with Crippen molar-refractivity contribution in [3.05, 3.63) is 174 Å². The number of allylic oxidation sites excluding steroid dienone is 5. The Hall–Kier alpha value is -6.43. The molecule has 5 heteroatoms. The highest BCUT2D eigenvalue weighted by Crippen LogP contribution is 2.44. The Morgan fingerprint density at radius 3 is 2.33 bits per heavy atom. The molecule has 0 aliphatic heterocycles. The van der Waals surface area contributed by atoms with Gasteiger partial charge in [0, 0.05) is 48.0 Å². The van der Waals surface area contributed by atoms with E-state index in [1.165, 1.54) is 48.0 Å². The van der Waals surface area contributed by atoms with E-state index in [9.17, 15) is 0 Å². The number of aromatic nitrogens is 3. The maximum absolute atomic E-state index is 6.47. The van der Waals surface area contributed by atoms with E-state index in [0.717, 1.165) is 57.9 Å². The average molecular weight is 712 g/mol. The summed E-state index contributed by atoms with van der Waals surface area (Å²) in [5.74, 6) is 2.26. The molecule has 1 unspecified atom stereocenters. The zero-order valence-electron chi connectivity index (χ0n) is 29.4. The normalized spacial score (nSPS) is 15.5. The van der Waals surface area contributed by atoms with Crippen molar-refractivity contribution in [3.8, 4) is 34.2 Å². The monoisotopic (exact) mass is 711 g/mol. The largest absolute Gasteiger partial charge is 0.455 e. The van der Waals surface area contributed by atoms with Gasteiger partial charge in [-0.1, -0.05) is 127 Å². The Labute approximate surface area is 316 Å². The van der Waals surface area contributed by atoms with Gasteiger partial charge in [-0.05, 0) is 77.4 Å². The fourth-order valence-electron chi connectivity index (χ4n) is 8.42. The molecule has 0 N–H and O–H groups in total. The summed E-state index contributed by atoms with van der Waals surface area (Å²) in [5, 5.41) is 4.53. The third-order valence-corrected chi connectivity index (χ3v) is 12.1. The van der Waals surface area contributed by atoms with Crippen molar-refractivity contribution in [2.24, 2.45) is 0 Å². The smallest absolute Gasteiger partial charge is 0.167 e. The summed E-state index contributed by atoms with van der Waals surface area (Å²) >= 11 is 1.82. The number of furan rings is 1. The number of hydrogen-bond acceptors (Lipinski definition) is 5. The first-order chi connectivity index (χ1) is 26.7. The number of benzene rings is 6. The molecule has 3 aromatic heterocycles. The number of rotatable bonds is 5. The maximum Gasteiger partial charge on any atom is 0.167 e. The third kappa shape index (κ3) is 5.15. The van der Waals surface area contributed by atoms with E-state index < -0.39 is 0 Å². The van der Waals surface area contributed by atoms with Gasteiger partial charge < -0.3 is 4.42 Å². The van der Waals surface area contributed by atoms with Crippen LogP contribution in [0.25, 0.3) is 87.9 Å². The highest BCUT2D eigenvalue weighted by molar-refractivity contribution is 7.25. The molecular formula is C49H33N3OS. The second-order valence-electron chi connectivity index (χ2n) is 14.2. The molecule has 11 rings (SSSR count). The Kier molecular flexibility index (Phi) is 7.27. The number of fused-ring (bicyclic) bond motifs is 7. The summed E-state index contributed by atoms with van der Waals surface area (Å²) in [7, 11) is 0. The van der Waals surface area contributed by atoms with Gasteiger partial charge in [0.25, 0.3) is 0 Å². The Morgan fingerprint density at radius 1 is 0.611 bits per heavy atom.